The van der Waals surface area contributed by atoms with Crippen LogP contribution in [0.4, 0.5) is 0 Å². The summed E-state index contributed by atoms with van der Waals surface area (Å²) in [4.78, 5) is 27.6. The summed E-state index contributed by atoms with van der Waals surface area (Å²) in [6.07, 6.45) is 3.05. The van der Waals surface area contributed by atoms with Crippen molar-refractivity contribution in [1.82, 2.24) is 25.1 Å². The van der Waals surface area contributed by atoms with Crippen molar-refractivity contribution < 1.29 is 19.4 Å². The minimum Gasteiger partial charge on any atom is -0.481 e. The van der Waals surface area contributed by atoms with Crippen LogP contribution in [0.1, 0.15) is 28.6 Å². The molecule has 1 aromatic heterocycles. The zero-order valence-corrected chi connectivity index (χ0v) is 18.7. The number of aromatic nitrogens is 4. The molecule has 3 aromatic rings. The number of aryl methyl sites for hydroxylation is 2. The number of carboxylic acid groups (broad SMARTS) is 1. The van der Waals surface area contributed by atoms with E-state index in [1.54, 1.807) is 15.7 Å². The zero-order valence-electron chi connectivity index (χ0n) is 18.7. The van der Waals surface area contributed by atoms with Crippen molar-refractivity contribution >= 4 is 11.9 Å². The second-order valence-electron chi connectivity index (χ2n) is 9.21. The predicted octanol–water partition coefficient (Wildman–Crippen LogP) is 2.24. The average Bonchev–Trinajstić information content (AvgIpc) is 3.57. The van der Waals surface area contributed by atoms with Gasteiger partial charge in [-0.3, -0.25) is 9.59 Å². The van der Waals surface area contributed by atoms with E-state index in [1.165, 1.54) is 0 Å². The lowest BCUT2D eigenvalue weighted by Crippen LogP contribution is -2.39. The smallest absolute Gasteiger partial charge is 0.310 e. The highest BCUT2D eigenvalue weighted by molar-refractivity contribution is 5.91. The lowest BCUT2D eigenvalue weighted by atomic mass is 9.77. The molecule has 0 saturated carbocycles. The molecule has 0 radical (unpaired) electrons. The molecule has 5 atom stereocenters. The van der Waals surface area contributed by atoms with E-state index < -0.39 is 35.6 Å². The molecule has 1 amide bonds. The average molecular weight is 457 g/mol. The first-order valence-corrected chi connectivity index (χ1v) is 11.2. The van der Waals surface area contributed by atoms with Crippen LogP contribution in [0.5, 0.6) is 0 Å². The minimum absolute atomic E-state index is 0.229. The Hall–Kier alpha value is -3.85. The molecule has 4 heterocycles. The van der Waals surface area contributed by atoms with Gasteiger partial charge in [-0.15, -0.1) is 5.10 Å². The van der Waals surface area contributed by atoms with Gasteiger partial charge < -0.3 is 14.7 Å². The molecule has 1 spiro atoms. The monoisotopic (exact) mass is 457 g/mol. The number of likely N-dealkylation sites (tertiary alicyclic amines) is 1. The number of tetrazole rings is 1. The third-order valence-electron chi connectivity index (χ3n) is 7.23. The van der Waals surface area contributed by atoms with E-state index in [4.69, 9.17) is 4.74 Å². The molecular formula is C25H23N5O4. The Kier molecular flexibility index (Phi) is 4.47. The highest BCUT2D eigenvalue weighted by atomic mass is 16.5. The standard InChI is InChI=1S/C25H23N5O4/c1-14-7-6-8-15(2)20(14)30-22(26-27-28-30)21(16-9-4-3-5-10-16)29-13-25-12-11-17(34-25)18(24(32)33)19(25)23(29)31/h3-12,17-19,21H,13H2,1-2H3,(H,32,33)/t17-,18+,19-,21+,25+/m1/s1. The van der Waals surface area contributed by atoms with Gasteiger partial charge in [-0.2, -0.15) is 4.68 Å². The largest absolute Gasteiger partial charge is 0.481 e. The van der Waals surface area contributed by atoms with E-state index in [-0.39, 0.29) is 12.5 Å². The Morgan fingerprint density at radius 2 is 1.88 bits per heavy atom. The van der Waals surface area contributed by atoms with Gasteiger partial charge >= 0.3 is 5.97 Å². The number of benzene rings is 2. The lowest BCUT2D eigenvalue weighted by molar-refractivity contribution is -0.148. The van der Waals surface area contributed by atoms with E-state index in [9.17, 15) is 14.7 Å². The van der Waals surface area contributed by atoms with E-state index in [2.05, 4.69) is 15.5 Å². The van der Waals surface area contributed by atoms with Crippen LogP contribution in [-0.2, 0) is 14.3 Å². The third kappa shape index (κ3) is 2.80. The zero-order chi connectivity index (χ0) is 23.6. The predicted molar refractivity (Wildman–Crippen MR) is 120 cm³/mol. The SMILES string of the molecule is Cc1cccc(C)c1-n1nnnc1[C@H](c1ccccc1)N1C[C@]23C=C[C@@H](O2)[C@H](C(=O)O)[C@@H]3C1=O. The van der Waals surface area contributed by atoms with Crippen LogP contribution >= 0.6 is 0 Å². The second kappa shape index (κ2) is 7.33. The fourth-order valence-corrected chi connectivity index (χ4v) is 5.80. The molecule has 3 aliphatic heterocycles. The molecule has 0 aliphatic carbocycles. The quantitative estimate of drug-likeness (QED) is 0.585. The maximum absolute atomic E-state index is 13.8. The van der Waals surface area contributed by atoms with E-state index >= 15 is 0 Å². The number of carbonyl (C=O) groups is 2. The van der Waals surface area contributed by atoms with Gasteiger partial charge in [0.1, 0.15) is 17.6 Å². The van der Waals surface area contributed by atoms with Gasteiger partial charge in [0, 0.05) is 0 Å². The van der Waals surface area contributed by atoms with Crippen LogP contribution in [0.15, 0.2) is 60.7 Å². The molecule has 2 fully saturated rings. The number of carboxylic acids is 1. The first-order chi connectivity index (χ1) is 16.4. The van der Waals surface area contributed by atoms with Gasteiger partial charge in [0.05, 0.1) is 24.3 Å². The number of amides is 1. The van der Waals surface area contributed by atoms with Crippen molar-refractivity contribution in [2.24, 2.45) is 11.8 Å². The van der Waals surface area contributed by atoms with Crippen molar-refractivity contribution in [3.05, 3.63) is 83.2 Å². The van der Waals surface area contributed by atoms with Crippen LogP contribution in [-0.4, -0.2) is 60.3 Å². The number of rotatable bonds is 5. The van der Waals surface area contributed by atoms with Gasteiger partial charge in [0.15, 0.2) is 5.82 Å². The van der Waals surface area contributed by atoms with Crippen molar-refractivity contribution in [1.29, 1.82) is 0 Å². The summed E-state index contributed by atoms with van der Waals surface area (Å²) in [7, 11) is 0. The summed E-state index contributed by atoms with van der Waals surface area (Å²) < 4.78 is 7.79. The number of aliphatic carboxylic acids is 1. The minimum atomic E-state index is -1.02. The molecule has 2 bridgehead atoms. The summed E-state index contributed by atoms with van der Waals surface area (Å²) in [6, 6.07) is 14.9. The summed E-state index contributed by atoms with van der Waals surface area (Å²) >= 11 is 0. The number of carbonyl (C=O) groups excluding carboxylic acids is 1. The van der Waals surface area contributed by atoms with E-state index in [1.807, 2.05) is 68.5 Å². The maximum Gasteiger partial charge on any atom is 0.310 e. The van der Waals surface area contributed by atoms with Crippen molar-refractivity contribution in [3.63, 3.8) is 0 Å². The maximum atomic E-state index is 13.8. The fraction of sp³-hybridized carbons (Fsp3) is 0.320. The Balaban J connectivity index is 1.50. The van der Waals surface area contributed by atoms with Crippen LogP contribution < -0.4 is 0 Å². The van der Waals surface area contributed by atoms with E-state index in [0.29, 0.717) is 5.82 Å². The molecule has 1 N–H and O–H groups in total. The summed E-state index contributed by atoms with van der Waals surface area (Å²) in [5.41, 5.74) is 2.74. The number of ether oxygens (including phenoxy) is 1. The van der Waals surface area contributed by atoms with Crippen LogP contribution in [0.25, 0.3) is 5.69 Å². The highest BCUT2D eigenvalue weighted by Crippen LogP contribution is 2.53. The van der Waals surface area contributed by atoms with Gasteiger partial charge in [0.25, 0.3) is 0 Å². The Labute approximate surface area is 195 Å². The Morgan fingerprint density at radius 3 is 2.59 bits per heavy atom. The molecule has 9 heteroatoms. The van der Waals surface area contributed by atoms with Crippen LogP contribution in [0, 0.1) is 25.7 Å². The first kappa shape index (κ1) is 20.7. The molecule has 34 heavy (non-hydrogen) atoms. The molecule has 6 rings (SSSR count). The first-order valence-electron chi connectivity index (χ1n) is 11.2. The van der Waals surface area contributed by atoms with Gasteiger partial charge in [-0.1, -0.05) is 60.7 Å². The lowest BCUT2D eigenvalue weighted by Gasteiger charge is -2.29. The molecule has 2 aromatic carbocycles. The van der Waals surface area contributed by atoms with Crippen molar-refractivity contribution in [3.8, 4) is 5.69 Å². The summed E-state index contributed by atoms with van der Waals surface area (Å²) in [5.74, 6) is -2.49. The normalized spacial score (nSPS) is 27.9. The fourth-order valence-electron chi connectivity index (χ4n) is 5.80. The number of nitrogens with zero attached hydrogens (tertiary/aromatic N) is 5. The number of para-hydroxylation sites is 1. The van der Waals surface area contributed by atoms with Crippen molar-refractivity contribution in [2.45, 2.75) is 31.6 Å². The van der Waals surface area contributed by atoms with Crippen LogP contribution in [0.2, 0.25) is 0 Å². The van der Waals surface area contributed by atoms with Gasteiger partial charge in [0.2, 0.25) is 5.91 Å². The molecule has 9 nitrogen and oxygen atoms in total. The van der Waals surface area contributed by atoms with Crippen molar-refractivity contribution in [2.75, 3.05) is 6.54 Å². The number of fused-ring (bicyclic) bond motifs is 1. The highest BCUT2D eigenvalue weighted by Gasteiger charge is 2.68. The van der Waals surface area contributed by atoms with E-state index in [0.717, 1.165) is 22.4 Å². The molecule has 2 saturated heterocycles. The van der Waals surface area contributed by atoms with Gasteiger partial charge in [-0.25, -0.2) is 0 Å². The summed E-state index contributed by atoms with van der Waals surface area (Å²) in [5, 5.41) is 22.5. The topological polar surface area (TPSA) is 110 Å². The Bertz CT molecular complexity index is 1320. The molecular weight excluding hydrogens is 434 g/mol. The Morgan fingerprint density at radius 1 is 1.15 bits per heavy atom. The molecule has 0 unspecified atom stereocenters. The third-order valence-corrected chi connectivity index (χ3v) is 7.23. The number of hydrogen-bond acceptors (Lipinski definition) is 6. The molecule has 172 valence electrons. The van der Waals surface area contributed by atoms with Crippen LogP contribution in [0.3, 0.4) is 0 Å². The summed E-state index contributed by atoms with van der Waals surface area (Å²) in [6.45, 7) is 4.21. The molecule has 3 aliphatic rings. The second-order valence-corrected chi connectivity index (χ2v) is 9.21. The number of hydrogen-bond donors (Lipinski definition) is 1. The van der Waals surface area contributed by atoms with Gasteiger partial charge in [-0.05, 0) is 41.0 Å².